The first-order chi connectivity index (χ1) is 7.74. The van der Waals surface area contributed by atoms with Gasteiger partial charge in [-0.1, -0.05) is 6.07 Å². The van der Waals surface area contributed by atoms with Crippen molar-refractivity contribution >= 4 is 21.7 Å². The van der Waals surface area contributed by atoms with Crippen LogP contribution < -0.4 is 5.32 Å². The van der Waals surface area contributed by atoms with Gasteiger partial charge >= 0.3 is 0 Å². The summed E-state index contributed by atoms with van der Waals surface area (Å²) in [6.45, 7) is 0.955. The van der Waals surface area contributed by atoms with Crippen LogP contribution in [-0.2, 0) is 0 Å². The van der Waals surface area contributed by atoms with Gasteiger partial charge in [0.25, 0.3) is 0 Å². The standard InChI is InChI=1S/C12H17BrN2O/c13-11-2-1-3-12(15-11)14-8-9-4-6-10(16)7-5-9/h1-3,9-10,16H,4-8H2,(H,14,15). The van der Waals surface area contributed by atoms with Crippen LogP contribution in [0.25, 0.3) is 0 Å². The third kappa shape index (κ3) is 3.46. The van der Waals surface area contributed by atoms with Gasteiger partial charge in [-0.05, 0) is 59.7 Å². The summed E-state index contributed by atoms with van der Waals surface area (Å²) >= 11 is 3.35. The van der Waals surface area contributed by atoms with Gasteiger partial charge in [-0.3, -0.25) is 0 Å². The van der Waals surface area contributed by atoms with E-state index in [9.17, 15) is 5.11 Å². The lowest BCUT2D eigenvalue weighted by atomic mass is 9.87. The lowest BCUT2D eigenvalue weighted by Gasteiger charge is -2.25. The van der Waals surface area contributed by atoms with E-state index in [1.807, 2.05) is 18.2 Å². The van der Waals surface area contributed by atoms with E-state index < -0.39 is 0 Å². The van der Waals surface area contributed by atoms with Gasteiger partial charge in [0.05, 0.1) is 6.10 Å². The van der Waals surface area contributed by atoms with Gasteiger partial charge in [-0.25, -0.2) is 4.98 Å². The molecule has 0 saturated heterocycles. The first-order valence-corrected chi connectivity index (χ1v) is 6.58. The van der Waals surface area contributed by atoms with Crippen LogP contribution in [0.2, 0.25) is 0 Å². The van der Waals surface area contributed by atoms with Crippen molar-refractivity contribution in [2.75, 3.05) is 11.9 Å². The fourth-order valence-corrected chi connectivity index (χ4v) is 2.45. The second-order valence-corrected chi connectivity index (χ2v) is 5.21. The number of aliphatic hydroxyl groups excluding tert-OH is 1. The highest BCUT2D eigenvalue weighted by Gasteiger charge is 2.18. The Balaban J connectivity index is 1.79. The van der Waals surface area contributed by atoms with E-state index in [-0.39, 0.29) is 6.10 Å². The number of nitrogens with zero attached hydrogens (tertiary/aromatic N) is 1. The maximum absolute atomic E-state index is 9.41. The lowest BCUT2D eigenvalue weighted by Crippen LogP contribution is -2.23. The van der Waals surface area contributed by atoms with Crippen molar-refractivity contribution in [2.45, 2.75) is 31.8 Å². The molecule has 2 N–H and O–H groups in total. The molecule has 4 heteroatoms. The number of aromatic nitrogens is 1. The zero-order valence-corrected chi connectivity index (χ0v) is 10.8. The van der Waals surface area contributed by atoms with Crippen molar-refractivity contribution in [2.24, 2.45) is 5.92 Å². The Labute approximate surface area is 104 Å². The molecular formula is C12H17BrN2O. The van der Waals surface area contributed by atoms with Crippen LogP contribution in [0.1, 0.15) is 25.7 Å². The van der Waals surface area contributed by atoms with Crippen LogP contribution in [0.4, 0.5) is 5.82 Å². The fourth-order valence-electron chi connectivity index (χ4n) is 2.10. The van der Waals surface area contributed by atoms with Crippen molar-refractivity contribution in [1.29, 1.82) is 0 Å². The van der Waals surface area contributed by atoms with Crippen molar-refractivity contribution in [3.05, 3.63) is 22.8 Å². The average molecular weight is 285 g/mol. The summed E-state index contributed by atoms with van der Waals surface area (Å²) in [5.74, 6) is 1.59. The third-order valence-electron chi connectivity index (χ3n) is 3.10. The number of nitrogens with one attached hydrogen (secondary N) is 1. The fraction of sp³-hybridized carbons (Fsp3) is 0.583. The van der Waals surface area contributed by atoms with Crippen LogP contribution in [0, 0.1) is 5.92 Å². The number of rotatable bonds is 3. The molecule has 2 rings (SSSR count). The molecular weight excluding hydrogens is 268 g/mol. The Kier molecular flexibility index (Phi) is 4.18. The number of hydrogen-bond donors (Lipinski definition) is 2. The van der Waals surface area contributed by atoms with Gasteiger partial charge in [-0.15, -0.1) is 0 Å². The van der Waals surface area contributed by atoms with Gasteiger partial charge in [0.1, 0.15) is 10.4 Å². The summed E-state index contributed by atoms with van der Waals surface area (Å²) in [7, 11) is 0. The van der Waals surface area contributed by atoms with Gasteiger partial charge in [0.15, 0.2) is 0 Å². The number of halogens is 1. The summed E-state index contributed by atoms with van der Waals surface area (Å²) in [4.78, 5) is 4.33. The molecule has 0 atom stereocenters. The SMILES string of the molecule is OC1CCC(CNc2cccc(Br)n2)CC1. The summed E-state index contributed by atoms with van der Waals surface area (Å²) in [6, 6.07) is 5.87. The molecule has 88 valence electrons. The van der Waals surface area contributed by atoms with E-state index in [0.717, 1.165) is 42.6 Å². The molecule has 0 unspecified atom stereocenters. The highest BCUT2D eigenvalue weighted by molar-refractivity contribution is 9.10. The van der Waals surface area contributed by atoms with Crippen LogP contribution >= 0.6 is 15.9 Å². The maximum atomic E-state index is 9.41. The van der Waals surface area contributed by atoms with E-state index in [2.05, 4.69) is 26.2 Å². The van der Waals surface area contributed by atoms with Crippen molar-refractivity contribution in [3.8, 4) is 0 Å². The third-order valence-corrected chi connectivity index (χ3v) is 3.54. The van der Waals surface area contributed by atoms with E-state index >= 15 is 0 Å². The summed E-state index contributed by atoms with van der Waals surface area (Å²) < 4.78 is 0.858. The first-order valence-electron chi connectivity index (χ1n) is 5.78. The predicted molar refractivity (Wildman–Crippen MR) is 68.4 cm³/mol. The quantitative estimate of drug-likeness (QED) is 0.839. The smallest absolute Gasteiger partial charge is 0.127 e. The van der Waals surface area contributed by atoms with Crippen LogP contribution in [-0.4, -0.2) is 22.7 Å². The monoisotopic (exact) mass is 284 g/mol. The minimum Gasteiger partial charge on any atom is -0.393 e. The van der Waals surface area contributed by atoms with Crippen molar-refractivity contribution in [1.82, 2.24) is 4.98 Å². The Hall–Kier alpha value is -0.610. The van der Waals surface area contributed by atoms with E-state index in [1.54, 1.807) is 0 Å². The predicted octanol–water partition coefficient (Wildman–Crippen LogP) is 2.81. The zero-order valence-electron chi connectivity index (χ0n) is 9.19. The van der Waals surface area contributed by atoms with Gasteiger partial charge in [-0.2, -0.15) is 0 Å². The Morgan fingerprint density at radius 3 is 2.75 bits per heavy atom. The van der Waals surface area contributed by atoms with Crippen molar-refractivity contribution < 1.29 is 5.11 Å². The molecule has 0 bridgehead atoms. The molecule has 16 heavy (non-hydrogen) atoms. The number of anilines is 1. The molecule has 0 spiro atoms. The highest BCUT2D eigenvalue weighted by atomic mass is 79.9. The molecule has 3 nitrogen and oxygen atoms in total. The van der Waals surface area contributed by atoms with E-state index in [0.29, 0.717) is 5.92 Å². The minimum atomic E-state index is -0.0692. The van der Waals surface area contributed by atoms with Gasteiger partial charge < -0.3 is 10.4 Å². The van der Waals surface area contributed by atoms with Crippen LogP contribution in [0.3, 0.4) is 0 Å². The normalized spacial score (nSPS) is 25.4. The average Bonchev–Trinajstić information content (AvgIpc) is 2.28. The molecule has 1 aromatic heterocycles. The molecule has 1 aliphatic rings. The Morgan fingerprint density at radius 1 is 1.31 bits per heavy atom. The highest BCUT2D eigenvalue weighted by Crippen LogP contribution is 2.24. The zero-order chi connectivity index (χ0) is 11.4. The first kappa shape index (κ1) is 11.9. The molecule has 1 heterocycles. The largest absolute Gasteiger partial charge is 0.393 e. The van der Waals surface area contributed by atoms with E-state index in [4.69, 9.17) is 0 Å². The van der Waals surface area contributed by atoms with Crippen LogP contribution in [0.15, 0.2) is 22.8 Å². The number of hydrogen-bond acceptors (Lipinski definition) is 3. The molecule has 1 aliphatic carbocycles. The Bertz CT molecular complexity index is 338. The van der Waals surface area contributed by atoms with Crippen molar-refractivity contribution in [3.63, 3.8) is 0 Å². The summed E-state index contributed by atoms with van der Waals surface area (Å²) in [5.41, 5.74) is 0. The topological polar surface area (TPSA) is 45.1 Å². The molecule has 1 fully saturated rings. The van der Waals surface area contributed by atoms with Gasteiger partial charge in [0.2, 0.25) is 0 Å². The van der Waals surface area contributed by atoms with Crippen LogP contribution in [0.5, 0.6) is 0 Å². The Morgan fingerprint density at radius 2 is 2.06 bits per heavy atom. The number of aliphatic hydroxyl groups is 1. The molecule has 1 aromatic rings. The lowest BCUT2D eigenvalue weighted by molar-refractivity contribution is 0.111. The summed E-state index contributed by atoms with van der Waals surface area (Å²) in [5, 5.41) is 12.8. The minimum absolute atomic E-state index is 0.0692. The molecule has 0 aliphatic heterocycles. The molecule has 0 aromatic carbocycles. The van der Waals surface area contributed by atoms with E-state index in [1.165, 1.54) is 0 Å². The molecule has 1 saturated carbocycles. The second-order valence-electron chi connectivity index (χ2n) is 4.40. The molecule has 0 amide bonds. The maximum Gasteiger partial charge on any atom is 0.127 e. The molecule has 0 radical (unpaired) electrons. The number of pyridine rings is 1. The second kappa shape index (κ2) is 5.64. The summed E-state index contributed by atoms with van der Waals surface area (Å²) in [6.07, 6.45) is 4.04. The van der Waals surface area contributed by atoms with Gasteiger partial charge in [0, 0.05) is 6.54 Å².